The average molecular weight is 381 g/mol. The summed E-state index contributed by atoms with van der Waals surface area (Å²) < 4.78 is 5.09. The molecule has 0 saturated heterocycles. The fourth-order valence-electron chi connectivity index (χ4n) is 2.28. The topological polar surface area (TPSA) is 94.4 Å². The van der Waals surface area contributed by atoms with E-state index < -0.39 is 4.92 Å². The van der Waals surface area contributed by atoms with E-state index in [0.29, 0.717) is 16.4 Å². The highest BCUT2D eigenvalue weighted by molar-refractivity contribution is 7.14. The molecule has 0 radical (unpaired) electrons. The van der Waals surface area contributed by atoms with Gasteiger partial charge in [-0.15, -0.1) is 11.3 Å². The molecule has 1 heterocycles. The molecule has 136 valence electrons. The largest absolute Gasteiger partial charge is 0.497 e. The highest BCUT2D eigenvalue weighted by atomic mass is 32.1. The second-order valence-electron chi connectivity index (χ2n) is 5.44. The van der Waals surface area contributed by atoms with Gasteiger partial charge in [0.05, 0.1) is 17.7 Å². The number of rotatable bonds is 6. The number of carbonyl (C=O) groups is 1. The Morgan fingerprint density at radius 3 is 2.74 bits per heavy atom. The van der Waals surface area contributed by atoms with Crippen LogP contribution in [0.1, 0.15) is 5.56 Å². The lowest BCUT2D eigenvalue weighted by atomic mass is 10.1. The molecule has 0 unspecified atom stereocenters. The van der Waals surface area contributed by atoms with Gasteiger partial charge in [-0.05, 0) is 23.8 Å². The van der Waals surface area contributed by atoms with Crippen molar-refractivity contribution >= 4 is 34.1 Å². The Labute approximate surface area is 159 Å². The number of amides is 1. The molecule has 0 aliphatic rings. The summed E-state index contributed by atoms with van der Waals surface area (Å²) in [4.78, 5) is 26.8. The number of anilines is 1. The van der Waals surface area contributed by atoms with E-state index >= 15 is 0 Å². The predicted molar refractivity (Wildman–Crippen MR) is 105 cm³/mol. The molecule has 0 fully saturated rings. The van der Waals surface area contributed by atoms with Crippen molar-refractivity contribution in [2.75, 3.05) is 12.4 Å². The van der Waals surface area contributed by atoms with E-state index in [1.54, 1.807) is 30.7 Å². The van der Waals surface area contributed by atoms with Crippen LogP contribution in [0, 0.1) is 10.1 Å². The molecule has 1 aromatic heterocycles. The SMILES string of the molecule is COc1ccc(/C=C/C(=O)Nc2nc(-c3cccc([N+](=O)[O-])c3)cs2)cc1. The van der Waals surface area contributed by atoms with Gasteiger partial charge in [-0.1, -0.05) is 24.3 Å². The zero-order valence-electron chi connectivity index (χ0n) is 14.3. The van der Waals surface area contributed by atoms with Gasteiger partial charge in [0, 0.05) is 29.2 Å². The first-order valence-corrected chi connectivity index (χ1v) is 8.76. The minimum absolute atomic E-state index is 0.00601. The van der Waals surface area contributed by atoms with Gasteiger partial charge in [0.1, 0.15) is 5.75 Å². The minimum atomic E-state index is -0.456. The fourth-order valence-corrected chi connectivity index (χ4v) is 3.00. The monoisotopic (exact) mass is 381 g/mol. The smallest absolute Gasteiger partial charge is 0.270 e. The third-order valence-electron chi connectivity index (χ3n) is 3.63. The van der Waals surface area contributed by atoms with Gasteiger partial charge >= 0.3 is 0 Å². The minimum Gasteiger partial charge on any atom is -0.497 e. The van der Waals surface area contributed by atoms with Gasteiger partial charge in [-0.2, -0.15) is 0 Å². The summed E-state index contributed by atoms with van der Waals surface area (Å²) in [6.45, 7) is 0. The number of hydrogen-bond acceptors (Lipinski definition) is 6. The Balaban J connectivity index is 1.66. The maximum Gasteiger partial charge on any atom is 0.270 e. The van der Waals surface area contributed by atoms with Gasteiger partial charge in [-0.25, -0.2) is 4.98 Å². The van der Waals surface area contributed by atoms with E-state index in [-0.39, 0.29) is 11.6 Å². The molecule has 8 heteroatoms. The molecule has 0 aliphatic heterocycles. The molecule has 27 heavy (non-hydrogen) atoms. The zero-order chi connectivity index (χ0) is 19.2. The number of nitro benzene ring substituents is 1. The fraction of sp³-hybridized carbons (Fsp3) is 0.0526. The first-order valence-electron chi connectivity index (χ1n) is 7.88. The van der Waals surface area contributed by atoms with Crippen molar-refractivity contribution in [3.05, 3.63) is 75.7 Å². The normalized spacial score (nSPS) is 10.7. The molecule has 0 bridgehead atoms. The summed E-state index contributed by atoms with van der Waals surface area (Å²) in [5.74, 6) is 0.429. The van der Waals surface area contributed by atoms with E-state index in [2.05, 4.69) is 10.3 Å². The molecular weight excluding hydrogens is 366 g/mol. The Hall–Kier alpha value is -3.52. The number of non-ortho nitro benzene ring substituents is 1. The first kappa shape index (κ1) is 18.3. The van der Waals surface area contributed by atoms with Crippen LogP contribution in [0.25, 0.3) is 17.3 Å². The van der Waals surface area contributed by atoms with Crippen molar-refractivity contribution in [3.8, 4) is 17.0 Å². The average Bonchev–Trinajstić information content (AvgIpc) is 3.15. The summed E-state index contributed by atoms with van der Waals surface area (Å²) >= 11 is 1.25. The van der Waals surface area contributed by atoms with E-state index in [0.717, 1.165) is 11.3 Å². The van der Waals surface area contributed by atoms with Gasteiger partial charge in [0.15, 0.2) is 5.13 Å². The number of nitrogens with zero attached hydrogens (tertiary/aromatic N) is 2. The van der Waals surface area contributed by atoms with Crippen LogP contribution in [-0.4, -0.2) is 22.9 Å². The van der Waals surface area contributed by atoms with Crippen LogP contribution in [0.2, 0.25) is 0 Å². The number of ether oxygens (including phenoxy) is 1. The standard InChI is InChI=1S/C19H15N3O4S/c1-26-16-8-5-13(6-9-16)7-10-18(23)21-19-20-17(12-27-19)14-3-2-4-15(11-14)22(24)25/h2-12H,1H3,(H,20,21,23)/b10-7+. The molecule has 1 N–H and O–H groups in total. The summed E-state index contributed by atoms with van der Waals surface area (Å²) in [5.41, 5.74) is 2.05. The van der Waals surface area contributed by atoms with Crippen LogP contribution >= 0.6 is 11.3 Å². The number of aromatic nitrogens is 1. The van der Waals surface area contributed by atoms with Crippen molar-refractivity contribution in [1.82, 2.24) is 4.98 Å². The zero-order valence-corrected chi connectivity index (χ0v) is 15.1. The lowest BCUT2D eigenvalue weighted by Crippen LogP contribution is -2.07. The molecule has 3 rings (SSSR count). The Kier molecular flexibility index (Phi) is 5.58. The van der Waals surface area contributed by atoms with Gasteiger partial charge in [-0.3, -0.25) is 20.2 Å². The summed E-state index contributed by atoms with van der Waals surface area (Å²) in [6, 6.07) is 13.5. The van der Waals surface area contributed by atoms with Crippen molar-refractivity contribution in [2.45, 2.75) is 0 Å². The molecule has 0 saturated carbocycles. The van der Waals surface area contributed by atoms with Gasteiger partial charge in [0.2, 0.25) is 5.91 Å². The molecular formula is C19H15N3O4S. The number of methoxy groups -OCH3 is 1. The van der Waals surface area contributed by atoms with E-state index in [4.69, 9.17) is 4.74 Å². The van der Waals surface area contributed by atoms with Crippen LogP contribution in [-0.2, 0) is 4.79 Å². The molecule has 0 aliphatic carbocycles. The Morgan fingerprint density at radius 2 is 2.04 bits per heavy atom. The molecule has 1 amide bonds. The molecule has 2 aromatic carbocycles. The quantitative estimate of drug-likeness (QED) is 0.388. The highest BCUT2D eigenvalue weighted by Gasteiger charge is 2.10. The summed E-state index contributed by atoms with van der Waals surface area (Å²) in [7, 11) is 1.59. The maximum atomic E-state index is 12.1. The van der Waals surface area contributed by atoms with E-state index in [9.17, 15) is 14.9 Å². The molecule has 7 nitrogen and oxygen atoms in total. The Morgan fingerprint density at radius 1 is 1.26 bits per heavy atom. The second-order valence-corrected chi connectivity index (χ2v) is 6.30. The number of hydrogen-bond donors (Lipinski definition) is 1. The number of thiazole rings is 1. The lowest BCUT2D eigenvalue weighted by molar-refractivity contribution is -0.384. The van der Waals surface area contributed by atoms with E-state index in [1.807, 2.05) is 24.3 Å². The van der Waals surface area contributed by atoms with Crippen molar-refractivity contribution in [1.29, 1.82) is 0 Å². The van der Waals surface area contributed by atoms with Crippen LogP contribution in [0.3, 0.4) is 0 Å². The van der Waals surface area contributed by atoms with Gasteiger partial charge < -0.3 is 4.74 Å². The molecule has 3 aromatic rings. The second kappa shape index (κ2) is 8.24. The van der Waals surface area contributed by atoms with Gasteiger partial charge in [0.25, 0.3) is 5.69 Å². The van der Waals surface area contributed by atoms with Crippen LogP contribution < -0.4 is 10.1 Å². The lowest BCUT2D eigenvalue weighted by Gasteiger charge is -1.99. The number of nitro groups is 1. The first-order chi connectivity index (χ1) is 13.0. The van der Waals surface area contributed by atoms with Crippen LogP contribution in [0.4, 0.5) is 10.8 Å². The summed E-state index contributed by atoms with van der Waals surface area (Å²) in [6.07, 6.45) is 3.10. The Bertz CT molecular complexity index is 996. The molecule has 0 spiro atoms. The molecule has 0 atom stereocenters. The van der Waals surface area contributed by atoms with E-state index in [1.165, 1.54) is 29.5 Å². The third kappa shape index (κ3) is 4.77. The van der Waals surface area contributed by atoms with Crippen LogP contribution in [0.5, 0.6) is 5.75 Å². The van der Waals surface area contributed by atoms with Crippen molar-refractivity contribution in [2.24, 2.45) is 0 Å². The third-order valence-corrected chi connectivity index (χ3v) is 4.39. The van der Waals surface area contributed by atoms with Crippen LogP contribution in [0.15, 0.2) is 60.0 Å². The number of nitrogens with one attached hydrogen (secondary N) is 1. The number of benzene rings is 2. The maximum absolute atomic E-state index is 12.1. The highest BCUT2D eigenvalue weighted by Crippen LogP contribution is 2.27. The van der Waals surface area contributed by atoms with Crippen molar-refractivity contribution < 1.29 is 14.5 Å². The predicted octanol–water partition coefficient (Wildman–Crippen LogP) is 4.38. The van der Waals surface area contributed by atoms with Crippen molar-refractivity contribution in [3.63, 3.8) is 0 Å². The number of carbonyl (C=O) groups excluding carboxylic acids is 1. The summed E-state index contributed by atoms with van der Waals surface area (Å²) in [5, 5.41) is 15.7.